The van der Waals surface area contributed by atoms with Crippen LogP contribution in [0.25, 0.3) is 6.08 Å². The second-order valence-corrected chi connectivity index (χ2v) is 17.1. The number of rotatable bonds is 5. The fraction of sp³-hybridized carbons (Fsp3) is 0.718. The van der Waals surface area contributed by atoms with Crippen LogP contribution < -0.4 is 0 Å². The van der Waals surface area contributed by atoms with Gasteiger partial charge in [-0.2, -0.15) is 0 Å². The van der Waals surface area contributed by atoms with E-state index in [9.17, 15) is 20.1 Å². The second-order valence-electron chi connectivity index (χ2n) is 17.1. The second kappa shape index (κ2) is 10.6. The van der Waals surface area contributed by atoms with Crippen molar-refractivity contribution in [2.75, 3.05) is 6.61 Å². The molecule has 0 amide bonds. The molecule has 3 N–H and O–H groups in total. The number of hydrogen-bond donors (Lipinski definition) is 3. The maximum absolute atomic E-state index is 13.0. The fourth-order valence-corrected chi connectivity index (χ4v) is 12.7. The lowest BCUT2D eigenvalue weighted by Gasteiger charge is -2.73. The van der Waals surface area contributed by atoms with Crippen LogP contribution in [-0.2, 0) is 9.53 Å². The molecule has 0 radical (unpaired) electrons. The summed E-state index contributed by atoms with van der Waals surface area (Å²) in [5.41, 5.74) is 2.61. The number of phenols is 2. The number of phenolic OH excluding ortho intramolecular Hbond substituents is 2. The molecule has 1 aromatic rings. The SMILES string of the molecule is C=C(C)C1CC[C@]2(CO)CC[C@]3(C)[C@H](CC[C@H]4[C@@]5(C)CCC(OC(=O)C=Cc6ccc(O)c(O)c6)C(C)(C)[C@H]5CC[C@]43C)[C@H]12. The minimum Gasteiger partial charge on any atom is -0.504 e. The van der Waals surface area contributed by atoms with Crippen LogP contribution in [-0.4, -0.2) is 34.0 Å². The normalized spacial score (nSPS) is 44.2. The summed E-state index contributed by atoms with van der Waals surface area (Å²) >= 11 is 0. The van der Waals surface area contributed by atoms with Crippen molar-refractivity contribution < 1.29 is 24.9 Å². The Labute approximate surface area is 265 Å². The van der Waals surface area contributed by atoms with Gasteiger partial charge in [0.15, 0.2) is 11.5 Å². The smallest absolute Gasteiger partial charge is 0.331 e. The van der Waals surface area contributed by atoms with Crippen molar-refractivity contribution in [2.24, 2.45) is 56.7 Å². The average molecular weight is 605 g/mol. The zero-order valence-corrected chi connectivity index (χ0v) is 28.0. The molecule has 5 saturated carbocycles. The first-order valence-corrected chi connectivity index (χ1v) is 17.3. The zero-order valence-electron chi connectivity index (χ0n) is 28.0. The molecule has 5 nitrogen and oxygen atoms in total. The van der Waals surface area contributed by atoms with E-state index in [-0.39, 0.29) is 50.6 Å². The molecule has 5 aliphatic rings. The molecule has 2 unspecified atom stereocenters. The first kappa shape index (κ1) is 31.7. The van der Waals surface area contributed by atoms with Crippen LogP contribution in [0.15, 0.2) is 36.4 Å². The summed E-state index contributed by atoms with van der Waals surface area (Å²) in [6, 6.07) is 4.51. The average Bonchev–Trinajstić information content (AvgIpc) is 3.36. The van der Waals surface area contributed by atoms with E-state index in [1.807, 2.05) is 0 Å². The lowest BCUT2D eigenvalue weighted by atomic mass is 9.32. The predicted octanol–water partition coefficient (Wildman–Crippen LogP) is 8.67. The molecule has 6 rings (SSSR count). The number of aromatic hydroxyl groups is 2. The van der Waals surface area contributed by atoms with Gasteiger partial charge in [-0.25, -0.2) is 4.79 Å². The van der Waals surface area contributed by atoms with Gasteiger partial charge in [-0.15, -0.1) is 0 Å². The highest BCUT2D eigenvalue weighted by Gasteiger charge is 2.71. The van der Waals surface area contributed by atoms with Crippen LogP contribution in [0.1, 0.15) is 111 Å². The molecular formula is C39H56O5. The number of aliphatic hydroxyl groups is 1. The Kier molecular flexibility index (Phi) is 7.67. The molecule has 0 aliphatic heterocycles. The molecule has 0 aromatic heterocycles. The summed E-state index contributed by atoms with van der Waals surface area (Å²) in [5.74, 6) is 2.10. The van der Waals surface area contributed by atoms with Crippen molar-refractivity contribution in [3.05, 3.63) is 42.0 Å². The van der Waals surface area contributed by atoms with Crippen LogP contribution in [0, 0.1) is 56.7 Å². The molecular weight excluding hydrogens is 548 g/mol. The molecule has 242 valence electrons. The van der Waals surface area contributed by atoms with Crippen molar-refractivity contribution in [1.82, 2.24) is 0 Å². The minimum absolute atomic E-state index is 0.0825. The molecule has 0 bridgehead atoms. The Morgan fingerprint density at radius 1 is 0.909 bits per heavy atom. The molecule has 44 heavy (non-hydrogen) atoms. The van der Waals surface area contributed by atoms with Gasteiger partial charge in [0.25, 0.3) is 0 Å². The molecule has 10 atom stereocenters. The largest absolute Gasteiger partial charge is 0.504 e. The summed E-state index contributed by atoms with van der Waals surface area (Å²) in [6.07, 6.45) is 14.5. The van der Waals surface area contributed by atoms with E-state index in [4.69, 9.17) is 4.74 Å². The lowest BCUT2D eigenvalue weighted by Crippen LogP contribution is -2.67. The Morgan fingerprint density at radius 2 is 1.66 bits per heavy atom. The van der Waals surface area contributed by atoms with Crippen LogP contribution in [0.5, 0.6) is 11.5 Å². The maximum atomic E-state index is 13.0. The lowest BCUT2D eigenvalue weighted by molar-refractivity contribution is -0.251. The van der Waals surface area contributed by atoms with Crippen molar-refractivity contribution in [1.29, 1.82) is 0 Å². The van der Waals surface area contributed by atoms with Crippen molar-refractivity contribution in [3.63, 3.8) is 0 Å². The molecule has 5 heteroatoms. The highest BCUT2D eigenvalue weighted by atomic mass is 16.5. The number of benzene rings is 1. The molecule has 1 aromatic carbocycles. The van der Waals surface area contributed by atoms with E-state index in [2.05, 4.69) is 48.1 Å². The number of carbonyl (C=O) groups excluding carboxylic acids is 1. The van der Waals surface area contributed by atoms with Gasteiger partial charge in [0, 0.05) is 18.1 Å². The third kappa shape index (κ3) is 4.45. The van der Waals surface area contributed by atoms with Gasteiger partial charge < -0.3 is 20.1 Å². The standard InChI is InChI=1S/C39H56O5/c1-24(2)26-14-19-39(23-40)21-20-37(6)27(34(26)39)10-12-31-36(5)17-16-32(35(3,4)30(36)15-18-38(31,37)7)44-33(43)13-9-25-8-11-28(41)29(42)22-25/h8-9,11,13,22,26-27,30-32,34,40-42H,1,10,12,14-21,23H2,2-7H3/t26?,27-,30-,31+,32?,34+,36+,37-,38-,39-/m1/s1. The number of ether oxygens (including phenoxy) is 1. The highest BCUT2D eigenvalue weighted by molar-refractivity contribution is 5.87. The van der Waals surface area contributed by atoms with Crippen LogP contribution >= 0.6 is 0 Å². The van der Waals surface area contributed by atoms with Gasteiger partial charge in [0.05, 0.1) is 0 Å². The molecule has 5 fully saturated rings. The number of fused-ring (bicyclic) bond motifs is 7. The first-order chi connectivity index (χ1) is 20.6. The summed E-state index contributed by atoms with van der Waals surface area (Å²) in [5, 5.41) is 30.2. The molecule has 0 saturated heterocycles. The summed E-state index contributed by atoms with van der Waals surface area (Å²) in [4.78, 5) is 13.0. The van der Waals surface area contributed by atoms with Crippen molar-refractivity contribution in [3.8, 4) is 11.5 Å². The quantitative estimate of drug-likeness (QED) is 0.135. The third-order valence-electron chi connectivity index (χ3n) is 15.2. The summed E-state index contributed by atoms with van der Waals surface area (Å²) < 4.78 is 6.18. The zero-order chi connectivity index (χ0) is 31.9. The summed E-state index contributed by atoms with van der Waals surface area (Å²) in [7, 11) is 0. The fourth-order valence-electron chi connectivity index (χ4n) is 12.7. The number of hydrogen-bond acceptors (Lipinski definition) is 5. The first-order valence-electron chi connectivity index (χ1n) is 17.3. The number of carbonyl (C=O) groups is 1. The van der Waals surface area contributed by atoms with Gasteiger partial charge >= 0.3 is 5.97 Å². The number of allylic oxidation sites excluding steroid dienone is 1. The van der Waals surface area contributed by atoms with Gasteiger partial charge in [-0.3, -0.25) is 0 Å². The Balaban J connectivity index is 1.22. The topological polar surface area (TPSA) is 87.0 Å². The Bertz CT molecular complexity index is 1350. The maximum Gasteiger partial charge on any atom is 0.331 e. The minimum atomic E-state index is -0.355. The van der Waals surface area contributed by atoms with E-state index in [0.717, 1.165) is 32.1 Å². The number of aliphatic hydroxyl groups excluding tert-OH is 1. The molecule has 0 spiro atoms. The summed E-state index contributed by atoms with van der Waals surface area (Å²) in [6.45, 7) is 19.5. The highest BCUT2D eigenvalue weighted by Crippen LogP contribution is 2.77. The molecule has 0 heterocycles. The van der Waals surface area contributed by atoms with Crippen molar-refractivity contribution in [2.45, 2.75) is 112 Å². The van der Waals surface area contributed by atoms with Crippen LogP contribution in [0.4, 0.5) is 0 Å². The Morgan fingerprint density at radius 3 is 2.34 bits per heavy atom. The van der Waals surface area contributed by atoms with Gasteiger partial charge in [-0.1, -0.05) is 52.8 Å². The van der Waals surface area contributed by atoms with E-state index in [1.165, 1.54) is 55.9 Å². The van der Waals surface area contributed by atoms with Gasteiger partial charge in [-0.05, 0) is 146 Å². The van der Waals surface area contributed by atoms with Crippen LogP contribution in [0.3, 0.4) is 0 Å². The monoisotopic (exact) mass is 604 g/mol. The Hall–Kier alpha value is -2.27. The third-order valence-corrected chi connectivity index (χ3v) is 15.2. The predicted molar refractivity (Wildman–Crippen MR) is 175 cm³/mol. The van der Waals surface area contributed by atoms with E-state index >= 15 is 0 Å². The van der Waals surface area contributed by atoms with E-state index < -0.39 is 0 Å². The van der Waals surface area contributed by atoms with Gasteiger partial charge in [0.2, 0.25) is 0 Å². The number of esters is 1. The van der Waals surface area contributed by atoms with E-state index in [0.29, 0.717) is 41.8 Å². The van der Waals surface area contributed by atoms with Gasteiger partial charge in [0.1, 0.15) is 6.10 Å². The van der Waals surface area contributed by atoms with E-state index in [1.54, 1.807) is 12.1 Å². The van der Waals surface area contributed by atoms with Crippen molar-refractivity contribution >= 4 is 12.0 Å². The molecule has 5 aliphatic carbocycles. The van der Waals surface area contributed by atoms with Crippen LogP contribution in [0.2, 0.25) is 0 Å².